The van der Waals surface area contributed by atoms with Gasteiger partial charge in [-0.25, -0.2) is 0 Å². The number of hydrogen-bond donors (Lipinski definition) is 1. The van der Waals surface area contributed by atoms with Crippen molar-refractivity contribution in [1.29, 1.82) is 0 Å². The van der Waals surface area contributed by atoms with E-state index in [4.69, 9.17) is 9.47 Å². The minimum Gasteiger partial charge on any atom is -0.490 e. The molecule has 1 spiro atoms. The summed E-state index contributed by atoms with van der Waals surface area (Å²) < 4.78 is 12.1. The van der Waals surface area contributed by atoms with Gasteiger partial charge in [0, 0.05) is 25.2 Å². The van der Waals surface area contributed by atoms with Crippen molar-refractivity contribution in [3.63, 3.8) is 0 Å². The van der Waals surface area contributed by atoms with Crippen LogP contribution in [0.25, 0.3) is 0 Å². The second kappa shape index (κ2) is 5.24. The first-order chi connectivity index (χ1) is 8.86. The van der Waals surface area contributed by atoms with Crippen LogP contribution in [0.4, 0.5) is 0 Å². The third-order valence-electron chi connectivity index (χ3n) is 3.92. The van der Waals surface area contributed by atoms with Gasteiger partial charge in [-0.05, 0) is 38.1 Å². The van der Waals surface area contributed by atoms with Gasteiger partial charge in [-0.2, -0.15) is 0 Å². The van der Waals surface area contributed by atoms with Gasteiger partial charge in [-0.15, -0.1) is 0 Å². The summed E-state index contributed by atoms with van der Waals surface area (Å²) in [6.07, 6.45) is 8.02. The van der Waals surface area contributed by atoms with E-state index in [9.17, 15) is 0 Å². The first-order valence-electron chi connectivity index (χ1n) is 6.78. The van der Waals surface area contributed by atoms with Gasteiger partial charge in [-0.3, -0.25) is 4.98 Å². The standard InChI is InChI=1S/C14H20N2O2/c1-6-15-7-2-12(1)18-13-3-10-17-14(11-13)4-8-16-9-5-14/h1-2,6-7,13,16H,3-5,8-11H2. The zero-order valence-corrected chi connectivity index (χ0v) is 10.6. The summed E-state index contributed by atoms with van der Waals surface area (Å²) in [6.45, 7) is 2.93. The van der Waals surface area contributed by atoms with Crippen LogP contribution < -0.4 is 10.1 Å². The lowest BCUT2D eigenvalue weighted by atomic mass is 9.84. The maximum atomic E-state index is 6.04. The first-order valence-corrected chi connectivity index (χ1v) is 6.78. The summed E-state index contributed by atoms with van der Waals surface area (Å²) in [5.41, 5.74) is 0.0567. The Labute approximate surface area is 108 Å². The Morgan fingerprint density at radius 3 is 2.83 bits per heavy atom. The van der Waals surface area contributed by atoms with Crippen molar-refractivity contribution in [2.24, 2.45) is 0 Å². The quantitative estimate of drug-likeness (QED) is 0.866. The number of pyridine rings is 1. The lowest BCUT2D eigenvalue weighted by Crippen LogP contribution is -2.50. The van der Waals surface area contributed by atoms with Crippen LogP contribution in [0.5, 0.6) is 5.75 Å². The minimum absolute atomic E-state index is 0.0567. The van der Waals surface area contributed by atoms with E-state index in [0.29, 0.717) is 0 Å². The summed E-state index contributed by atoms with van der Waals surface area (Å²) in [4.78, 5) is 4.01. The molecule has 0 saturated carbocycles. The SMILES string of the molecule is c1cc(OC2CCOC3(CCNCC3)C2)ccn1. The molecule has 0 radical (unpaired) electrons. The topological polar surface area (TPSA) is 43.4 Å². The largest absolute Gasteiger partial charge is 0.490 e. The summed E-state index contributed by atoms with van der Waals surface area (Å²) in [7, 11) is 0. The molecule has 1 atom stereocenters. The molecule has 2 saturated heterocycles. The average Bonchev–Trinajstić information content (AvgIpc) is 2.41. The second-order valence-corrected chi connectivity index (χ2v) is 5.20. The zero-order chi connectivity index (χ0) is 12.3. The molecule has 0 bridgehead atoms. The first kappa shape index (κ1) is 11.9. The molecule has 1 N–H and O–H groups in total. The Kier molecular flexibility index (Phi) is 3.48. The zero-order valence-electron chi connectivity index (χ0n) is 10.6. The summed E-state index contributed by atoms with van der Waals surface area (Å²) in [5.74, 6) is 0.918. The molecule has 4 heteroatoms. The van der Waals surface area contributed by atoms with Crippen LogP contribution in [0.3, 0.4) is 0 Å². The minimum atomic E-state index is 0.0567. The third-order valence-corrected chi connectivity index (χ3v) is 3.92. The van der Waals surface area contributed by atoms with Gasteiger partial charge in [0.25, 0.3) is 0 Å². The van der Waals surface area contributed by atoms with Crippen LogP contribution in [-0.2, 0) is 4.74 Å². The van der Waals surface area contributed by atoms with Crippen molar-refractivity contribution in [3.05, 3.63) is 24.5 Å². The van der Waals surface area contributed by atoms with Gasteiger partial charge in [0.1, 0.15) is 11.9 Å². The Bertz CT molecular complexity index is 371. The van der Waals surface area contributed by atoms with Gasteiger partial charge in [0.15, 0.2) is 0 Å². The molecule has 1 aromatic rings. The Hall–Kier alpha value is -1.13. The molecule has 0 aliphatic carbocycles. The summed E-state index contributed by atoms with van der Waals surface area (Å²) in [5, 5.41) is 3.39. The van der Waals surface area contributed by atoms with Crippen LogP contribution in [0.15, 0.2) is 24.5 Å². The predicted molar refractivity (Wildman–Crippen MR) is 68.7 cm³/mol. The van der Waals surface area contributed by atoms with E-state index in [1.807, 2.05) is 12.1 Å². The van der Waals surface area contributed by atoms with Crippen LogP contribution >= 0.6 is 0 Å². The van der Waals surface area contributed by atoms with Gasteiger partial charge in [-0.1, -0.05) is 0 Å². The number of piperidine rings is 1. The van der Waals surface area contributed by atoms with Gasteiger partial charge in [0.2, 0.25) is 0 Å². The van der Waals surface area contributed by atoms with Crippen molar-refractivity contribution in [3.8, 4) is 5.75 Å². The normalized spacial score (nSPS) is 27.0. The fourth-order valence-electron chi connectivity index (χ4n) is 2.92. The van der Waals surface area contributed by atoms with E-state index in [1.165, 1.54) is 0 Å². The Balaban J connectivity index is 1.63. The molecular weight excluding hydrogens is 228 g/mol. The van der Waals surface area contributed by atoms with Gasteiger partial charge >= 0.3 is 0 Å². The van der Waals surface area contributed by atoms with E-state index >= 15 is 0 Å². The predicted octanol–water partition coefficient (Wildman–Crippen LogP) is 1.76. The summed E-state index contributed by atoms with van der Waals surface area (Å²) >= 11 is 0. The molecule has 3 rings (SSSR count). The average molecular weight is 248 g/mol. The van der Waals surface area contributed by atoms with Crippen molar-refractivity contribution in [1.82, 2.24) is 10.3 Å². The molecule has 18 heavy (non-hydrogen) atoms. The smallest absolute Gasteiger partial charge is 0.122 e. The number of hydrogen-bond acceptors (Lipinski definition) is 4. The van der Waals surface area contributed by atoms with Gasteiger partial charge in [0.05, 0.1) is 12.2 Å². The molecule has 4 nitrogen and oxygen atoms in total. The van der Waals surface area contributed by atoms with Crippen LogP contribution in [0.1, 0.15) is 25.7 Å². The number of nitrogens with one attached hydrogen (secondary N) is 1. The van der Waals surface area contributed by atoms with Crippen molar-refractivity contribution < 1.29 is 9.47 Å². The maximum Gasteiger partial charge on any atom is 0.122 e. The highest BCUT2D eigenvalue weighted by Gasteiger charge is 2.39. The highest BCUT2D eigenvalue weighted by Crippen LogP contribution is 2.34. The molecule has 0 amide bonds. The van der Waals surface area contributed by atoms with E-state index in [2.05, 4.69) is 10.3 Å². The maximum absolute atomic E-state index is 6.04. The number of nitrogens with zero attached hydrogens (tertiary/aromatic N) is 1. The Morgan fingerprint density at radius 2 is 2.06 bits per heavy atom. The fourth-order valence-corrected chi connectivity index (χ4v) is 2.92. The molecule has 3 heterocycles. The van der Waals surface area contributed by atoms with Crippen LogP contribution in [0.2, 0.25) is 0 Å². The number of rotatable bonds is 2. The molecular formula is C14H20N2O2. The number of aromatic nitrogens is 1. The molecule has 2 aliphatic heterocycles. The fraction of sp³-hybridized carbons (Fsp3) is 0.643. The molecule has 0 aromatic carbocycles. The molecule has 98 valence electrons. The highest BCUT2D eigenvalue weighted by molar-refractivity contribution is 5.17. The van der Waals surface area contributed by atoms with E-state index in [0.717, 1.165) is 51.1 Å². The van der Waals surface area contributed by atoms with E-state index in [-0.39, 0.29) is 11.7 Å². The Morgan fingerprint density at radius 1 is 1.28 bits per heavy atom. The monoisotopic (exact) mass is 248 g/mol. The van der Waals surface area contributed by atoms with Crippen molar-refractivity contribution >= 4 is 0 Å². The van der Waals surface area contributed by atoms with E-state index in [1.54, 1.807) is 12.4 Å². The van der Waals surface area contributed by atoms with Crippen molar-refractivity contribution in [2.75, 3.05) is 19.7 Å². The van der Waals surface area contributed by atoms with Gasteiger partial charge < -0.3 is 14.8 Å². The molecule has 2 fully saturated rings. The van der Waals surface area contributed by atoms with Crippen LogP contribution in [-0.4, -0.2) is 36.4 Å². The van der Waals surface area contributed by atoms with E-state index < -0.39 is 0 Å². The lowest BCUT2D eigenvalue weighted by molar-refractivity contribution is -0.126. The molecule has 2 aliphatic rings. The van der Waals surface area contributed by atoms with Crippen molar-refractivity contribution in [2.45, 2.75) is 37.4 Å². The third kappa shape index (κ3) is 2.65. The summed E-state index contributed by atoms with van der Waals surface area (Å²) in [6, 6.07) is 3.84. The number of ether oxygens (including phenoxy) is 2. The molecule has 1 unspecified atom stereocenters. The lowest BCUT2D eigenvalue weighted by Gasteiger charge is -2.43. The molecule has 1 aromatic heterocycles. The highest BCUT2D eigenvalue weighted by atomic mass is 16.5. The second-order valence-electron chi connectivity index (χ2n) is 5.20. The van der Waals surface area contributed by atoms with Crippen LogP contribution in [0, 0.1) is 0 Å².